The summed E-state index contributed by atoms with van der Waals surface area (Å²) in [4.78, 5) is 1.41. The Balaban J connectivity index is 2.66. The Bertz CT molecular complexity index is 288. The van der Waals surface area contributed by atoms with Crippen molar-refractivity contribution in [2.45, 2.75) is 27.2 Å². The molecule has 14 heavy (non-hydrogen) atoms. The Morgan fingerprint density at radius 3 is 2.50 bits per heavy atom. The van der Waals surface area contributed by atoms with E-state index in [4.69, 9.17) is 11.6 Å². The van der Waals surface area contributed by atoms with Gasteiger partial charge in [0.1, 0.15) is 0 Å². The SMILES string of the molecule is CC(C)(C)C(CCl)Cc1cc(Br)cs1. The summed E-state index contributed by atoms with van der Waals surface area (Å²) in [6.45, 7) is 6.76. The van der Waals surface area contributed by atoms with Gasteiger partial charge >= 0.3 is 0 Å². The molecule has 0 aliphatic carbocycles. The molecule has 0 bridgehead atoms. The Kier molecular flexibility index (Phi) is 4.48. The van der Waals surface area contributed by atoms with Gasteiger partial charge in [0.25, 0.3) is 0 Å². The monoisotopic (exact) mass is 294 g/mol. The van der Waals surface area contributed by atoms with Gasteiger partial charge in [-0.05, 0) is 39.8 Å². The number of rotatable bonds is 3. The van der Waals surface area contributed by atoms with Crippen LogP contribution in [0.4, 0.5) is 0 Å². The van der Waals surface area contributed by atoms with E-state index in [0.29, 0.717) is 5.92 Å². The second kappa shape index (κ2) is 5.00. The van der Waals surface area contributed by atoms with E-state index in [1.54, 1.807) is 11.3 Å². The Labute approximate surface area is 104 Å². The molecule has 0 saturated heterocycles. The quantitative estimate of drug-likeness (QED) is 0.692. The molecule has 0 amide bonds. The van der Waals surface area contributed by atoms with E-state index in [0.717, 1.165) is 12.3 Å². The van der Waals surface area contributed by atoms with Gasteiger partial charge in [0.2, 0.25) is 0 Å². The van der Waals surface area contributed by atoms with E-state index in [-0.39, 0.29) is 5.41 Å². The molecule has 0 aliphatic heterocycles. The second-order valence-electron chi connectivity index (χ2n) is 4.65. The molecule has 1 heterocycles. The summed E-state index contributed by atoms with van der Waals surface area (Å²) in [7, 11) is 0. The average molecular weight is 296 g/mol. The molecule has 1 atom stereocenters. The molecular weight excluding hydrogens is 280 g/mol. The second-order valence-corrected chi connectivity index (χ2v) is 6.87. The highest BCUT2D eigenvalue weighted by Gasteiger charge is 2.24. The first-order chi connectivity index (χ1) is 6.43. The zero-order valence-electron chi connectivity index (χ0n) is 8.81. The van der Waals surface area contributed by atoms with Crippen LogP contribution in [0.15, 0.2) is 15.9 Å². The maximum atomic E-state index is 6.00. The van der Waals surface area contributed by atoms with Crippen LogP contribution in [0.5, 0.6) is 0 Å². The van der Waals surface area contributed by atoms with Gasteiger partial charge in [0, 0.05) is 20.6 Å². The van der Waals surface area contributed by atoms with Gasteiger partial charge in [-0.3, -0.25) is 0 Å². The molecule has 3 heteroatoms. The zero-order chi connectivity index (χ0) is 10.8. The molecule has 1 aromatic heterocycles. The van der Waals surface area contributed by atoms with Crippen LogP contribution >= 0.6 is 38.9 Å². The van der Waals surface area contributed by atoms with Crippen LogP contribution in [0.1, 0.15) is 25.6 Å². The minimum atomic E-state index is 0.290. The lowest BCUT2D eigenvalue weighted by Gasteiger charge is -2.28. The predicted octanol–water partition coefficient (Wildman–Crippen LogP) is 4.95. The van der Waals surface area contributed by atoms with E-state index in [1.165, 1.54) is 9.35 Å². The normalized spacial score (nSPS) is 14.4. The van der Waals surface area contributed by atoms with Crippen molar-refractivity contribution in [3.05, 3.63) is 20.8 Å². The first-order valence-electron chi connectivity index (χ1n) is 4.72. The largest absolute Gasteiger partial charge is 0.148 e. The highest BCUT2D eigenvalue weighted by molar-refractivity contribution is 9.10. The van der Waals surface area contributed by atoms with Crippen molar-refractivity contribution in [2.24, 2.45) is 11.3 Å². The van der Waals surface area contributed by atoms with Crippen molar-refractivity contribution in [1.82, 2.24) is 0 Å². The van der Waals surface area contributed by atoms with Crippen molar-refractivity contribution in [2.75, 3.05) is 5.88 Å². The maximum absolute atomic E-state index is 6.00. The number of hydrogen-bond acceptors (Lipinski definition) is 1. The standard InChI is InChI=1S/C11H16BrClS/c1-11(2,3)8(6-13)4-10-5-9(12)7-14-10/h5,7-8H,4,6H2,1-3H3. The van der Waals surface area contributed by atoms with E-state index < -0.39 is 0 Å². The van der Waals surface area contributed by atoms with Crippen LogP contribution in [0.25, 0.3) is 0 Å². The summed E-state index contributed by atoms with van der Waals surface area (Å²) in [6, 6.07) is 2.19. The van der Waals surface area contributed by atoms with Crippen LogP contribution in [-0.4, -0.2) is 5.88 Å². The highest BCUT2D eigenvalue weighted by Crippen LogP contribution is 2.32. The molecular formula is C11H16BrClS. The third-order valence-corrected chi connectivity index (χ3v) is 4.57. The molecule has 0 saturated carbocycles. The van der Waals surface area contributed by atoms with Crippen LogP contribution in [0, 0.1) is 11.3 Å². The lowest BCUT2D eigenvalue weighted by atomic mass is 9.80. The fraction of sp³-hybridized carbons (Fsp3) is 0.636. The summed E-state index contributed by atoms with van der Waals surface area (Å²) in [5.41, 5.74) is 0.290. The molecule has 0 N–H and O–H groups in total. The molecule has 1 aromatic rings. The third-order valence-electron chi connectivity index (χ3n) is 2.48. The van der Waals surface area contributed by atoms with Gasteiger partial charge in [-0.15, -0.1) is 22.9 Å². The van der Waals surface area contributed by atoms with Crippen LogP contribution in [0.3, 0.4) is 0 Å². The van der Waals surface area contributed by atoms with Gasteiger partial charge in [-0.1, -0.05) is 20.8 Å². The summed E-state index contributed by atoms with van der Waals surface area (Å²) < 4.78 is 1.18. The van der Waals surface area contributed by atoms with Crippen molar-refractivity contribution in [3.8, 4) is 0 Å². The highest BCUT2D eigenvalue weighted by atomic mass is 79.9. The molecule has 1 rings (SSSR count). The topological polar surface area (TPSA) is 0 Å². The summed E-state index contributed by atoms with van der Waals surface area (Å²) in [6.07, 6.45) is 1.09. The minimum Gasteiger partial charge on any atom is -0.148 e. The molecule has 0 spiro atoms. The van der Waals surface area contributed by atoms with Gasteiger partial charge in [-0.2, -0.15) is 0 Å². The van der Waals surface area contributed by atoms with Gasteiger partial charge in [-0.25, -0.2) is 0 Å². The van der Waals surface area contributed by atoms with E-state index >= 15 is 0 Å². The summed E-state index contributed by atoms with van der Waals surface area (Å²) >= 11 is 11.3. The van der Waals surface area contributed by atoms with E-state index in [9.17, 15) is 0 Å². The van der Waals surface area contributed by atoms with Crippen molar-refractivity contribution in [1.29, 1.82) is 0 Å². The van der Waals surface area contributed by atoms with Crippen LogP contribution < -0.4 is 0 Å². The van der Waals surface area contributed by atoms with Crippen molar-refractivity contribution < 1.29 is 0 Å². The molecule has 80 valence electrons. The van der Waals surface area contributed by atoms with Gasteiger partial charge in [0.15, 0.2) is 0 Å². The number of thiophene rings is 1. The first-order valence-corrected chi connectivity index (χ1v) is 6.93. The van der Waals surface area contributed by atoms with Crippen molar-refractivity contribution in [3.63, 3.8) is 0 Å². The lowest BCUT2D eigenvalue weighted by Crippen LogP contribution is -2.23. The first kappa shape index (κ1) is 12.5. The fourth-order valence-electron chi connectivity index (χ4n) is 1.30. The smallest absolute Gasteiger partial charge is 0.0285 e. The minimum absolute atomic E-state index is 0.290. The van der Waals surface area contributed by atoms with Crippen LogP contribution in [0.2, 0.25) is 0 Å². The molecule has 1 unspecified atom stereocenters. The zero-order valence-corrected chi connectivity index (χ0v) is 12.0. The number of halogens is 2. The Morgan fingerprint density at radius 1 is 1.50 bits per heavy atom. The molecule has 0 radical (unpaired) electrons. The molecule has 0 aromatic carbocycles. The lowest BCUT2D eigenvalue weighted by molar-refractivity contribution is 0.265. The number of alkyl halides is 1. The Morgan fingerprint density at radius 2 is 2.14 bits per heavy atom. The maximum Gasteiger partial charge on any atom is 0.0285 e. The molecule has 0 nitrogen and oxygen atoms in total. The molecule has 0 aliphatic rings. The third kappa shape index (κ3) is 3.56. The van der Waals surface area contributed by atoms with E-state index in [1.807, 2.05) is 0 Å². The molecule has 0 fully saturated rings. The van der Waals surface area contributed by atoms with Crippen molar-refractivity contribution >= 4 is 38.9 Å². The van der Waals surface area contributed by atoms with E-state index in [2.05, 4.69) is 48.1 Å². The summed E-state index contributed by atoms with van der Waals surface area (Å²) in [5.74, 6) is 1.29. The average Bonchev–Trinajstić information content (AvgIpc) is 2.45. The van der Waals surface area contributed by atoms with Crippen LogP contribution in [-0.2, 0) is 6.42 Å². The van der Waals surface area contributed by atoms with Gasteiger partial charge < -0.3 is 0 Å². The Hall–Kier alpha value is 0.470. The summed E-state index contributed by atoms with van der Waals surface area (Å²) in [5, 5.41) is 2.13. The predicted molar refractivity (Wildman–Crippen MR) is 69.4 cm³/mol. The fourth-order valence-corrected chi connectivity index (χ4v) is 3.40. The van der Waals surface area contributed by atoms with Gasteiger partial charge in [0.05, 0.1) is 0 Å². The number of hydrogen-bond donors (Lipinski definition) is 0.